The SMILES string of the molecule is CCNC(=NCCc1c(C)nn(C)c1C)NCCc1ccccc1F.I. The molecule has 0 spiro atoms. The number of nitrogens with zero attached hydrogens (tertiary/aromatic N) is 3. The second-order valence-electron chi connectivity index (χ2n) is 6.05. The van der Waals surface area contributed by atoms with Gasteiger partial charge in [0.15, 0.2) is 5.96 Å². The van der Waals surface area contributed by atoms with Crippen LogP contribution in [0.4, 0.5) is 4.39 Å². The van der Waals surface area contributed by atoms with E-state index in [1.165, 1.54) is 17.3 Å². The highest BCUT2D eigenvalue weighted by atomic mass is 127. The normalized spacial score (nSPS) is 11.2. The summed E-state index contributed by atoms with van der Waals surface area (Å²) in [6.45, 7) is 8.25. The lowest BCUT2D eigenvalue weighted by molar-refractivity contribution is 0.606. The van der Waals surface area contributed by atoms with Crippen LogP contribution in [-0.2, 0) is 19.9 Å². The molecule has 0 aliphatic carbocycles. The van der Waals surface area contributed by atoms with Crippen LogP contribution in [0, 0.1) is 19.7 Å². The zero-order valence-electron chi connectivity index (χ0n) is 16.0. The lowest BCUT2D eigenvalue weighted by Crippen LogP contribution is -2.38. The van der Waals surface area contributed by atoms with Crippen molar-refractivity contribution in [2.45, 2.75) is 33.6 Å². The van der Waals surface area contributed by atoms with Crippen LogP contribution in [0.2, 0.25) is 0 Å². The maximum atomic E-state index is 13.6. The Morgan fingerprint density at radius 1 is 1.19 bits per heavy atom. The monoisotopic (exact) mass is 473 g/mol. The Labute approximate surface area is 172 Å². The van der Waals surface area contributed by atoms with E-state index in [0.29, 0.717) is 25.1 Å². The predicted molar refractivity (Wildman–Crippen MR) is 116 cm³/mol. The molecule has 26 heavy (non-hydrogen) atoms. The van der Waals surface area contributed by atoms with Crippen LogP contribution in [0.5, 0.6) is 0 Å². The average molecular weight is 473 g/mol. The minimum absolute atomic E-state index is 0. The maximum absolute atomic E-state index is 13.6. The van der Waals surface area contributed by atoms with E-state index in [0.717, 1.165) is 24.6 Å². The number of aromatic nitrogens is 2. The summed E-state index contributed by atoms with van der Waals surface area (Å²) in [6, 6.07) is 6.87. The topological polar surface area (TPSA) is 54.2 Å². The minimum Gasteiger partial charge on any atom is -0.357 e. The molecule has 0 unspecified atom stereocenters. The third-order valence-corrected chi connectivity index (χ3v) is 4.28. The summed E-state index contributed by atoms with van der Waals surface area (Å²) < 4.78 is 15.6. The van der Waals surface area contributed by atoms with Crippen molar-refractivity contribution >= 4 is 29.9 Å². The molecule has 2 aromatic rings. The molecule has 2 rings (SSSR count). The van der Waals surface area contributed by atoms with Gasteiger partial charge in [0.05, 0.1) is 5.69 Å². The molecular formula is C19H29FIN5. The van der Waals surface area contributed by atoms with Gasteiger partial charge >= 0.3 is 0 Å². The molecule has 1 aromatic carbocycles. The van der Waals surface area contributed by atoms with Crippen molar-refractivity contribution in [1.82, 2.24) is 20.4 Å². The van der Waals surface area contributed by atoms with Crippen LogP contribution >= 0.6 is 24.0 Å². The Morgan fingerprint density at radius 3 is 2.54 bits per heavy atom. The van der Waals surface area contributed by atoms with Gasteiger partial charge in [-0.1, -0.05) is 18.2 Å². The summed E-state index contributed by atoms with van der Waals surface area (Å²) in [7, 11) is 1.96. The van der Waals surface area contributed by atoms with Crippen molar-refractivity contribution < 1.29 is 4.39 Å². The first kappa shape index (κ1) is 22.4. The third-order valence-electron chi connectivity index (χ3n) is 4.28. The Kier molecular flexibility index (Phi) is 9.61. The van der Waals surface area contributed by atoms with E-state index >= 15 is 0 Å². The minimum atomic E-state index is -0.159. The molecule has 0 fully saturated rings. The van der Waals surface area contributed by atoms with E-state index < -0.39 is 0 Å². The number of benzene rings is 1. The fourth-order valence-electron chi connectivity index (χ4n) is 2.82. The average Bonchev–Trinajstić information content (AvgIpc) is 2.82. The predicted octanol–water partition coefficient (Wildman–Crippen LogP) is 3.13. The van der Waals surface area contributed by atoms with E-state index in [9.17, 15) is 4.39 Å². The standard InChI is InChI=1S/C19H28FN5.HI/c1-5-21-19(22-12-10-16-8-6-7-9-18(16)20)23-13-11-17-14(2)24-25(4)15(17)3;/h6-9H,5,10-13H2,1-4H3,(H2,21,22,23);1H. The Hall–Kier alpha value is -1.64. The second-order valence-corrected chi connectivity index (χ2v) is 6.05. The summed E-state index contributed by atoms with van der Waals surface area (Å²) in [5, 5.41) is 10.9. The van der Waals surface area contributed by atoms with Crippen LogP contribution in [0.15, 0.2) is 29.3 Å². The number of hydrogen-bond acceptors (Lipinski definition) is 2. The zero-order chi connectivity index (χ0) is 18.2. The number of rotatable bonds is 7. The van der Waals surface area contributed by atoms with Gasteiger partial charge in [-0.15, -0.1) is 24.0 Å². The van der Waals surface area contributed by atoms with Crippen LogP contribution in [0.25, 0.3) is 0 Å². The number of guanidine groups is 1. The first-order chi connectivity index (χ1) is 12.0. The Bertz CT molecular complexity index is 727. The van der Waals surface area contributed by atoms with E-state index in [2.05, 4.69) is 27.6 Å². The quantitative estimate of drug-likeness (QED) is 0.369. The maximum Gasteiger partial charge on any atom is 0.191 e. The summed E-state index contributed by atoms with van der Waals surface area (Å²) in [4.78, 5) is 4.62. The van der Waals surface area contributed by atoms with Gasteiger partial charge in [0.25, 0.3) is 0 Å². The molecule has 5 nitrogen and oxygen atoms in total. The van der Waals surface area contributed by atoms with Gasteiger partial charge in [0.1, 0.15) is 5.82 Å². The number of nitrogens with one attached hydrogen (secondary N) is 2. The van der Waals surface area contributed by atoms with Crippen molar-refractivity contribution in [3.05, 3.63) is 52.6 Å². The van der Waals surface area contributed by atoms with Crippen molar-refractivity contribution in [2.24, 2.45) is 12.0 Å². The van der Waals surface area contributed by atoms with Crippen molar-refractivity contribution in [3.63, 3.8) is 0 Å². The largest absolute Gasteiger partial charge is 0.357 e. The fraction of sp³-hybridized carbons (Fsp3) is 0.474. The molecule has 144 valence electrons. The molecule has 0 radical (unpaired) electrons. The molecule has 1 aromatic heterocycles. The molecule has 0 aliphatic rings. The molecule has 0 saturated carbocycles. The second kappa shape index (κ2) is 11.2. The highest BCUT2D eigenvalue weighted by Gasteiger charge is 2.08. The first-order valence-corrected chi connectivity index (χ1v) is 8.77. The lowest BCUT2D eigenvalue weighted by Gasteiger charge is -2.11. The zero-order valence-corrected chi connectivity index (χ0v) is 18.3. The summed E-state index contributed by atoms with van der Waals surface area (Å²) in [6.07, 6.45) is 1.48. The summed E-state index contributed by atoms with van der Waals surface area (Å²) in [5.41, 5.74) is 4.22. The summed E-state index contributed by atoms with van der Waals surface area (Å²) in [5.74, 6) is 0.604. The van der Waals surface area contributed by atoms with Gasteiger partial charge in [0.2, 0.25) is 0 Å². The van der Waals surface area contributed by atoms with E-state index in [1.807, 2.05) is 37.7 Å². The molecule has 0 atom stereocenters. The molecule has 1 heterocycles. The smallest absolute Gasteiger partial charge is 0.191 e. The number of hydrogen-bond donors (Lipinski definition) is 2. The molecular weight excluding hydrogens is 444 g/mol. The molecule has 2 N–H and O–H groups in total. The molecule has 0 bridgehead atoms. The number of halogens is 2. The molecule has 0 saturated heterocycles. The van der Waals surface area contributed by atoms with Gasteiger partial charge in [0, 0.05) is 32.4 Å². The van der Waals surface area contributed by atoms with E-state index in [4.69, 9.17) is 0 Å². The highest BCUT2D eigenvalue weighted by Crippen LogP contribution is 2.12. The Balaban J connectivity index is 0.00000338. The molecule has 0 aliphatic heterocycles. The van der Waals surface area contributed by atoms with Crippen molar-refractivity contribution in [1.29, 1.82) is 0 Å². The van der Waals surface area contributed by atoms with Crippen molar-refractivity contribution in [3.8, 4) is 0 Å². The van der Waals surface area contributed by atoms with Gasteiger partial charge in [-0.2, -0.15) is 5.10 Å². The van der Waals surface area contributed by atoms with Gasteiger partial charge in [-0.05, 0) is 50.8 Å². The van der Waals surface area contributed by atoms with Gasteiger partial charge < -0.3 is 10.6 Å². The van der Waals surface area contributed by atoms with Crippen LogP contribution in [0.3, 0.4) is 0 Å². The molecule has 0 amide bonds. The number of aliphatic imine (C=N–C) groups is 1. The van der Waals surface area contributed by atoms with Crippen molar-refractivity contribution in [2.75, 3.05) is 19.6 Å². The third kappa shape index (κ3) is 6.26. The molecule has 7 heteroatoms. The Morgan fingerprint density at radius 2 is 1.92 bits per heavy atom. The van der Waals surface area contributed by atoms with Crippen LogP contribution in [-0.4, -0.2) is 35.4 Å². The highest BCUT2D eigenvalue weighted by molar-refractivity contribution is 14.0. The number of aryl methyl sites for hydroxylation is 2. The summed E-state index contributed by atoms with van der Waals surface area (Å²) >= 11 is 0. The first-order valence-electron chi connectivity index (χ1n) is 8.77. The van der Waals surface area contributed by atoms with Gasteiger partial charge in [-0.3, -0.25) is 9.67 Å². The van der Waals surface area contributed by atoms with Crippen LogP contribution in [0.1, 0.15) is 29.4 Å². The van der Waals surface area contributed by atoms with E-state index in [1.54, 1.807) is 6.07 Å². The van der Waals surface area contributed by atoms with Gasteiger partial charge in [-0.25, -0.2) is 4.39 Å². The lowest BCUT2D eigenvalue weighted by atomic mass is 10.1. The van der Waals surface area contributed by atoms with E-state index in [-0.39, 0.29) is 29.8 Å². The fourth-order valence-corrected chi connectivity index (χ4v) is 2.82. The van der Waals surface area contributed by atoms with Crippen LogP contribution < -0.4 is 10.6 Å².